The first-order valence-electron chi connectivity index (χ1n) is 8.05. The average Bonchev–Trinajstić information content (AvgIpc) is 2.60. The topological polar surface area (TPSA) is 66.5 Å². The van der Waals surface area contributed by atoms with Crippen LogP contribution in [0, 0.1) is 0 Å². The van der Waals surface area contributed by atoms with Crippen LogP contribution < -0.4 is 9.62 Å². The Morgan fingerprint density at radius 1 is 1.12 bits per heavy atom. The summed E-state index contributed by atoms with van der Waals surface area (Å²) in [6.45, 7) is 0.263. The molecule has 0 spiro atoms. The Bertz CT molecular complexity index is 829. The lowest BCUT2D eigenvalue weighted by atomic mass is 10.3. The van der Waals surface area contributed by atoms with E-state index in [4.69, 9.17) is 0 Å². The van der Waals surface area contributed by atoms with E-state index >= 15 is 0 Å². The van der Waals surface area contributed by atoms with E-state index in [1.807, 2.05) is 30.3 Å². The van der Waals surface area contributed by atoms with Gasteiger partial charge in [-0.05, 0) is 52.4 Å². The van der Waals surface area contributed by atoms with E-state index in [0.29, 0.717) is 16.7 Å². The number of rotatable bonds is 9. The molecule has 0 radical (unpaired) electrons. The Kier molecular flexibility index (Phi) is 7.99. The summed E-state index contributed by atoms with van der Waals surface area (Å²) in [4.78, 5) is 13.4. The third-order valence-electron chi connectivity index (χ3n) is 3.46. The van der Waals surface area contributed by atoms with Gasteiger partial charge in [-0.2, -0.15) is 0 Å². The zero-order chi connectivity index (χ0) is 19.0. The van der Waals surface area contributed by atoms with Gasteiger partial charge in [0.15, 0.2) is 0 Å². The first-order chi connectivity index (χ1) is 12.4. The Morgan fingerprint density at radius 3 is 2.42 bits per heavy atom. The van der Waals surface area contributed by atoms with Crippen molar-refractivity contribution in [2.24, 2.45) is 0 Å². The summed E-state index contributed by atoms with van der Waals surface area (Å²) in [7, 11) is -3.57. The molecule has 1 amide bonds. The molecule has 0 aliphatic heterocycles. The number of carbonyl (C=O) groups is 1. The highest BCUT2D eigenvalue weighted by Gasteiger charge is 2.22. The Hall–Kier alpha value is -1.51. The van der Waals surface area contributed by atoms with Gasteiger partial charge in [0.1, 0.15) is 6.54 Å². The van der Waals surface area contributed by atoms with Crippen molar-refractivity contribution in [2.75, 3.05) is 29.4 Å². The van der Waals surface area contributed by atoms with Crippen LogP contribution in [0.5, 0.6) is 0 Å². The minimum atomic E-state index is -3.57. The first-order valence-corrected chi connectivity index (χ1v) is 11.7. The van der Waals surface area contributed by atoms with Crippen LogP contribution in [0.25, 0.3) is 0 Å². The zero-order valence-corrected chi connectivity index (χ0v) is 17.6. The second-order valence-corrected chi connectivity index (χ2v) is 9.52. The van der Waals surface area contributed by atoms with Gasteiger partial charge < -0.3 is 5.32 Å². The van der Waals surface area contributed by atoms with Crippen LogP contribution in [0.1, 0.15) is 6.42 Å². The van der Waals surface area contributed by atoms with Gasteiger partial charge in [-0.15, -0.1) is 11.8 Å². The van der Waals surface area contributed by atoms with Crippen molar-refractivity contribution in [3.05, 3.63) is 59.1 Å². The van der Waals surface area contributed by atoms with E-state index in [1.54, 1.807) is 36.0 Å². The second kappa shape index (κ2) is 9.99. The SMILES string of the molecule is CS(=O)(=O)N(CC(=O)NCCCSc1ccccc1)c1ccccc1Br. The van der Waals surface area contributed by atoms with Crippen molar-refractivity contribution in [3.63, 3.8) is 0 Å². The maximum absolute atomic E-state index is 12.2. The molecule has 0 aliphatic carbocycles. The van der Waals surface area contributed by atoms with Crippen LogP contribution in [0.3, 0.4) is 0 Å². The molecule has 0 bridgehead atoms. The summed E-state index contributed by atoms with van der Waals surface area (Å²) < 4.78 is 25.9. The summed E-state index contributed by atoms with van der Waals surface area (Å²) >= 11 is 5.06. The molecule has 8 heteroatoms. The number of para-hydroxylation sites is 1. The van der Waals surface area contributed by atoms with Crippen LogP contribution in [-0.4, -0.2) is 39.4 Å². The lowest BCUT2D eigenvalue weighted by Gasteiger charge is -2.23. The van der Waals surface area contributed by atoms with Crippen LogP contribution >= 0.6 is 27.7 Å². The third-order valence-corrected chi connectivity index (χ3v) is 6.36. The summed E-state index contributed by atoms with van der Waals surface area (Å²) in [5.41, 5.74) is 0.449. The number of benzene rings is 2. The predicted octanol–water partition coefficient (Wildman–Crippen LogP) is 3.51. The minimum Gasteiger partial charge on any atom is -0.354 e. The molecule has 0 unspecified atom stereocenters. The standard InChI is InChI=1S/C18H21BrN2O3S2/c1-26(23,24)21(17-11-6-5-10-16(17)19)14-18(22)20-12-7-13-25-15-8-3-2-4-9-15/h2-6,8-11H,7,12-14H2,1H3,(H,20,22). The molecule has 2 rings (SSSR count). The van der Waals surface area contributed by atoms with E-state index in [-0.39, 0.29) is 12.5 Å². The average molecular weight is 457 g/mol. The molecule has 0 fully saturated rings. The Balaban J connectivity index is 1.83. The molecule has 0 atom stereocenters. The molecule has 2 aromatic carbocycles. The number of sulfonamides is 1. The number of amides is 1. The van der Waals surface area contributed by atoms with Gasteiger partial charge in [-0.1, -0.05) is 30.3 Å². The fourth-order valence-electron chi connectivity index (χ4n) is 2.23. The molecule has 0 heterocycles. The van der Waals surface area contributed by atoms with E-state index in [1.165, 1.54) is 4.90 Å². The van der Waals surface area contributed by atoms with Crippen LogP contribution in [0.4, 0.5) is 5.69 Å². The molecule has 1 N–H and O–H groups in total. The summed E-state index contributed by atoms with van der Waals surface area (Å²) in [5, 5.41) is 2.79. The highest BCUT2D eigenvalue weighted by atomic mass is 79.9. The minimum absolute atomic E-state index is 0.243. The zero-order valence-electron chi connectivity index (χ0n) is 14.4. The number of hydrogen-bond donors (Lipinski definition) is 1. The number of hydrogen-bond acceptors (Lipinski definition) is 4. The van der Waals surface area contributed by atoms with E-state index in [9.17, 15) is 13.2 Å². The molecular weight excluding hydrogens is 436 g/mol. The fraction of sp³-hybridized carbons (Fsp3) is 0.278. The summed E-state index contributed by atoms with van der Waals surface area (Å²) in [6.07, 6.45) is 1.90. The van der Waals surface area contributed by atoms with Crippen molar-refractivity contribution in [1.29, 1.82) is 0 Å². The van der Waals surface area contributed by atoms with Crippen molar-refractivity contribution in [2.45, 2.75) is 11.3 Å². The molecule has 5 nitrogen and oxygen atoms in total. The van der Waals surface area contributed by atoms with Gasteiger partial charge in [0.05, 0.1) is 11.9 Å². The second-order valence-electron chi connectivity index (χ2n) is 5.59. The molecule has 0 aromatic heterocycles. The lowest BCUT2D eigenvalue weighted by Crippen LogP contribution is -2.40. The molecule has 26 heavy (non-hydrogen) atoms. The molecule has 2 aromatic rings. The fourth-order valence-corrected chi connectivity index (χ4v) is 4.59. The van der Waals surface area contributed by atoms with Crippen LogP contribution in [-0.2, 0) is 14.8 Å². The monoisotopic (exact) mass is 456 g/mol. The number of thioether (sulfide) groups is 1. The molecule has 0 saturated carbocycles. The van der Waals surface area contributed by atoms with Crippen molar-refractivity contribution < 1.29 is 13.2 Å². The molecule has 140 valence electrons. The van der Waals surface area contributed by atoms with Crippen LogP contribution in [0.15, 0.2) is 64.0 Å². The maximum Gasteiger partial charge on any atom is 0.240 e. The summed E-state index contributed by atoms with van der Waals surface area (Å²) in [5.74, 6) is 0.556. The van der Waals surface area contributed by atoms with Crippen molar-refractivity contribution in [1.82, 2.24) is 5.32 Å². The largest absolute Gasteiger partial charge is 0.354 e. The maximum atomic E-state index is 12.2. The Labute approximate surface area is 167 Å². The smallest absolute Gasteiger partial charge is 0.240 e. The number of anilines is 1. The highest BCUT2D eigenvalue weighted by Crippen LogP contribution is 2.27. The van der Waals surface area contributed by atoms with Crippen molar-refractivity contribution >= 4 is 49.3 Å². The Morgan fingerprint density at radius 2 is 1.77 bits per heavy atom. The van der Waals surface area contributed by atoms with Gasteiger partial charge in [-0.3, -0.25) is 9.10 Å². The lowest BCUT2D eigenvalue weighted by molar-refractivity contribution is -0.119. The number of halogens is 1. The molecule has 0 aliphatic rings. The van der Waals surface area contributed by atoms with E-state index < -0.39 is 10.0 Å². The quantitative estimate of drug-likeness (QED) is 0.462. The highest BCUT2D eigenvalue weighted by molar-refractivity contribution is 9.10. The van der Waals surface area contributed by atoms with E-state index in [2.05, 4.69) is 21.2 Å². The van der Waals surface area contributed by atoms with E-state index in [0.717, 1.165) is 22.7 Å². The van der Waals surface area contributed by atoms with Gasteiger partial charge in [0.25, 0.3) is 0 Å². The third kappa shape index (κ3) is 6.66. The van der Waals surface area contributed by atoms with Gasteiger partial charge in [0.2, 0.25) is 15.9 Å². The normalized spacial score (nSPS) is 11.2. The number of nitrogens with one attached hydrogen (secondary N) is 1. The molecular formula is C18H21BrN2O3S2. The molecule has 0 saturated heterocycles. The predicted molar refractivity (Wildman–Crippen MR) is 111 cm³/mol. The van der Waals surface area contributed by atoms with Gasteiger partial charge >= 0.3 is 0 Å². The van der Waals surface area contributed by atoms with Crippen molar-refractivity contribution in [3.8, 4) is 0 Å². The van der Waals surface area contributed by atoms with Gasteiger partial charge in [0, 0.05) is 15.9 Å². The number of nitrogens with zero attached hydrogens (tertiary/aromatic N) is 1. The summed E-state index contributed by atoms with van der Waals surface area (Å²) in [6, 6.07) is 17.0. The first kappa shape index (κ1) is 20.8. The van der Waals surface area contributed by atoms with Crippen LogP contribution in [0.2, 0.25) is 0 Å². The number of carbonyl (C=O) groups excluding carboxylic acids is 1. The van der Waals surface area contributed by atoms with Gasteiger partial charge in [-0.25, -0.2) is 8.42 Å².